The number of rotatable bonds is 6. The quantitative estimate of drug-likeness (QED) is 0.764. The number of carbonyl (C=O) groups is 1. The number of amides is 1. The van der Waals surface area contributed by atoms with Gasteiger partial charge >= 0.3 is 0 Å². The number of alkyl halides is 1. The number of hydrogen-bond acceptors (Lipinski definition) is 4. The molecule has 3 nitrogen and oxygen atoms in total. The van der Waals surface area contributed by atoms with E-state index in [0.717, 1.165) is 10.7 Å². The lowest BCUT2D eigenvalue weighted by Crippen LogP contribution is -2.31. The van der Waals surface area contributed by atoms with Crippen molar-refractivity contribution in [1.29, 1.82) is 0 Å². The fraction of sp³-hybridized carbons (Fsp3) is 0.385. The zero-order chi connectivity index (χ0) is 13.7. The number of aromatic nitrogens is 1. The van der Waals surface area contributed by atoms with Crippen molar-refractivity contribution in [2.45, 2.75) is 25.8 Å². The number of thiophene rings is 1. The summed E-state index contributed by atoms with van der Waals surface area (Å²) < 4.78 is 0. The minimum atomic E-state index is 0.117. The molecule has 19 heavy (non-hydrogen) atoms. The molecule has 0 aromatic carbocycles. The van der Waals surface area contributed by atoms with E-state index in [9.17, 15) is 4.79 Å². The van der Waals surface area contributed by atoms with Crippen LogP contribution in [0.4, 0.5) is 0 Å². The summed E-state index contributed by atoms with van der Waals surface area (Å²) in [5.41, 5.74) is 0.843. The molecule has 0 aliphatic heterocycles. The first-order valence-electron chi connectivity index (χ1n) is 6.02. The molecule has 1 amide bonds. The Morgan fingerprint density at radius 1 is 1.47 bits per heavy atom. The second-order valence-electron chi connectivity index (χ2n) is 4.03. The third kappa shape index (κ3) is 4.03. The molecule has 0 aliphatic rings. The number of carbonyl (C=O) groups excluding carboxylic acids is 1. The van der Waals surface area contributed by atoms with Crippen LogP contribution in [0.2, 0.25) is 0 Å². The molecular formula is C13H15ClN2OS2. The van der Waals surface area contributed by atoms with Crippen molar-refractivity contribution in [3.05, 3.63) is 38.5 Å². The maximum atomic E-state index is 12.2. The second kappa shape index (κ2) is 7.03. The molecular weight excluding hydrogens is 300 g/mol. The molecule has 0 saturated carbocycles. The molecule has 0 atom stereocenters. The smallest absolute Gasteiger partial charge is 0.229 e. The highest BCUT2D eigenvalue weighted by molar-refractivity contribution is 7.10. The molecule has 0 fully saturated rings. The zero-order valence-electron chi connectivity index (χ0n) is 10.6. The van der Waals surface area contributed by atoms with Crippen molar-refractivity contribution in [1.82, 2.24) is 9.88 Å². The van der Waals surface area contributed by atoms with Crippen LogP contribution in [-0.4, -0.2) is 22.3 Å². The lowest BCUT2D eigenvalue weighted by Gasteiger charge is -2.19. The van der Waals surface area contributed by atoms with Crippen molar-refractivity contribution in [2.24, 2.45) is 0 Å². The predicted octanol–water partition coefficient (Wildman–Crippen LogP) is 3.53. The van der Waals surface area contributed by atoms with Crippen LogP contribution in [0.1, 0.15) is 22.5 Å². The van der Waals surface area contributed by atoms with E-state index >= 15 is 0 Å². The SMILES string of the molecule is CCN(Cc1cccs1)C(=O)Cc1nc(CCl)cs1. The lowest BCUT2D eigenvalue weighted by atomic mass is 10.3. The van der Waals surface area contributed by atoms with E-state index in [1.54, 1.807) is 11.3 Å². The number of halogens is 1. The van der Waals surface area contributed by atoms with Crippen LogP contribution < -0.4 is 0 Å². The number of nitrogens with zero attached hydrogens (tertiary/aromatic N) is 2. The summed E-state index contributed by atoms with van der Waals surface area (Å²) in [6.45, 7) is 3.39. The molecule has 2 heterocycles. The van der Waals surface area contributed by atoms with E-state index in [1.807, 2.05) is 28.7 Å². The highest BCUT2D eigenvalue weighted by atomic mass is 35.5. The monoisotopic (exact) mass is 314 g/mol. The van der Waals surface area contributed by atoms with E-state index in [4.69, 9.17) is 11.6 Å². The van der Waals surface area contributed by atoms with Crippen LogP contribution in [0, 0.1) is 0 Å². The van der Waals surface area contributed by atoms with E-state index < -0.39 is 0 Å². The molecule has 2 rings (SSSR count). The van der Waals surface area contributed by atoms with Crippen LogP contribution in [0.25, 0.3) is 0 Å². The van der Waals surface area contributed by atoms with Gasteiger partial charge in [0, 0.05) is 16.8 Å². The highest BCUT2D eigenvalue weighted by Gasteiger charge is 2.15. The number of hydrogen-bond donors (Lipinski definition) is 0. The Labute approximate surface area is 125 Å². The molecule has 2 aromatic heterocycles. The highest BCUT2D eigenvalue weighted by Crippen LogP contribution is 2.15. The van der Waals surface area contributed by atoms with E-state index in [0.29, 0.717) is 25.4 Å². The molecule has 2 aromatic rings. The van der Waals surface area contributed by atoms with Crippen molar-refractivity contribution >= 4 is 40.2 Å². The first kappa shape index (κ1) is 14.5. The largest absolute Gasteiger partial charge is 0.337 e. The molecule has 102 valence electrons. The van der Waals surface area contributed by atoms with Gasteiger partial charge in [0.15, 0.2) is 0 Å². The van der Waals surface area contributed by atoms with Crippen LogP contribution in [0.3, 0.4) is 0 Å². The van der Waals surface area contributed by atoms with Crippen LogP contribution in [-0.2, 0) is 23.6 Å². The summed E-state index contributed by atoms with van der Waals surface area (Å²) in [4.78, 5) is 19.6. The Balaban J connectivity index is 1.96. The number of likely N-dealkylation sites (N-methyl/N-ethyl adjacent to an activating group) is 1. The van der Waals surface area contributed by atoms with Crippen molar-refractivity contribution in [2.75, 3.05) is 6.54 Å². The summed E-state index contributed by atoms with van der Waals surface area (Å²) in [5, 5.41) is 4.78. The second-order valence-corrected chi connectivity index (χ2v) is 6.27. The number of thiazole rings is 1. The topological polar surface area (TPSA) is 33.2 Å². The Morgan fingerprint density at radius 2 is 2.32 bits per heavy atom. The Hall–Kier alpha value is -0.910. The average molecular weight is 315 g/mol. The van der Waals surface area contributed by atoms with Gasteiger partial charge in [-0.25, -0.2) is 4.98 Å². The molecule has 0 spiro atoms. The fourth-order valence-electron chi connectivity index (χ4n) is 1.70. The van der Waals surface area contributed by atoms with Gasteiger partial charge < -0.3 is 4.90 Å². The maximum absolute atomic E-state index is 12.2. The van der Waals surface area contributed by atoms with Gasteiger partial charge in [0.05, 0.1) is 24.5 Å². The van der Waals surface area contributed by atoms with Crippen molar-refractivity contribution in [3.8, 4) is 0 Å². The normalized spacial score (nSPS) is 10.6. The van der Waals surface area contributed by atoms with Crippen LogP contribution in [0.5, 0.6) is 0 Å². The van der Waals surface area contributed by atoms with Crippen molar-refractivity contribution in [3.63, 3.8) is 0 Å². The Kier molecular flexibility index (Phi) is 5.36. The summed E-state index contributed by atoms with van der Waals surface area (Å²) >= 11 is 8.88. The van der Waals surface area contributed by atoms with E-state index in [-0.39, 0.29) is 5.91 Å². The molecule has 6 heteroatoms. The van der Waals surface area contributed by atoms with Gasteiger partial charge in [-0.2, -0.15) is 0 Å². The maximum Gasteiger partial charge on any atom is 0.229 e. The average Bonchev–Trinajstić information content (AvgIpc) is 3.06. The fourth-order valence-corrected chi connectivity index (χ4v) is 3.43. The van der Waals surface area contributed by atoms with Crippen LogP contribution >= 0.6 is 34.3 Å². The third-order valence-electron chi connectivity index (χ3n) is 2.70. The first-order valence-corrected chi connectivity index (χ1v) is 8.31. The summed E-state index contributed by atoms with van der Waals surface area (Å²) in [6.07, 6.45) is 0.362. The predicted molar refractivity (Wildman–Crippen MR) is 80.8 cm³/mol. The zero-order valence-corrected chi connectivity index (χ0v) is 13.0. The summed E-state index contributed by atoms with van der Waals surface area (Å²) in [5.74, 6) is 0.517. The van der Waals surface area contributed by atoms with Gasteiger partial charge in [0.1, 0.15) is 5.01 Å². The lowest BCUT2D eigenvalue weighted by molar-refractivity contribution is -0.130. The minimum absolute atomic E-state index is 0.117. The Bertz CT molecular complexity index is 524. The van der Waals surface area contributed by atoms with E-state index in [1.165, 1.54) is 16.2 Å². The molecule has 0 aliphatic carbocycles. The van der Waals surface area contributed by atoms with Gasteiger partial charge in [-0.15, -0.1) is 34.3 Å². The third-order valence-corrected chi connectivity index (χ3v) is 4.73. The van der Waals surface area contributed by atoms with Crippen molar-refractivity contribution < 1.29 is 4.79 Å². The Morgan fingerprint density at radius 3 is 2.89 bits per heavy atom. The summed E-state index contributed by atoms with van der Waals surface area (Å²) in [7, 11) is 0. The molecule has 0 saturated heterocycles. The molecule has 0 N–H and O–H groups in total. The first-order chi connectivity index (χ1) is 9.22. The molecule has 0 bridgehead atoms. The van der Waals surface area contributed by atoms with Gasteiger partial charge in [-0.3, -0.25) is 4.79 Å². The van der Waals surface area contributed by atoms with E-state index in [2.05, 4.69) is 11.1 Å². The standard InChI is InChI=1S/C13H15ClN2OS2/c1-2-16(8-11-4-3-5-18-11)13(17)6-12-15-10(7-14)9-19-12/h3-5,9H,2,6-8H2,1H3. The van der Waals surface area contributed by atoms with Gasteiger partial charge in [-0.1, -0.05) is 6.07 Å². The van der Waals surface area contributed by atoms with Gasteiger partial charge in [-0.05, 0) is 18.4 Å². The van der Waals surface area contributed by atoms with Crippen LogP contribution in [0.15, 0.2) is 22.9 Å². The molecule has 0 unspecified atom stereocenters. The molecule has 0 radical (unpaired) electrons. The summed E-state index contributed by atoms with van der Waals surface area (Å²) in [6, 6.07) is 4.06. The van der Waals surface area contributed by atoms with Gasteiger partial charge in [0.2, 0.25) is 5.91 Å². The van der Waals surface area contributed by atoms with Gasteiger partial charge in [0.25, 0.3) is 0 Å². The minimum Gasteiger partial charge on any atom is -0.337 e.